The van der Waals surface area contributed by atoms with Gasteiger partial charge in [-0.15, -0.1) is 0 Å². The average Bonchev–Trinajstić information content (AvgIpc) is 3.12. The van der Waals surface area contributed by atoms with E-state index in [-0.39, 0.29) is 11.7 Å². The molecule has 3 N–H and O–H groups in total. The van der Waals surface area contributed by atoms with Gasteiger partial charge < -0.3 is 20.5 Å². The SMILES string of the molecule is CCCNCCCCNCC1CCN(C(=O)Cc2c[nH]c3ccc(F)cc23)CC1. The molecule has 1 amide bonds. The number of fused-ring (bicyclic) bond motifs is 1. The molecule has 1 aromatic heterocycles. The van der Waals surface area contributed by atoms with Crippen molar-refractivity contribution in [2.24, 2.45) is 5.92 Å². The third-order valence-corrected chi connectivity index (χ3v) is 5.86. The summed E-state index contributed by atoms with van der Waals surface area (Å²) in [6, 6.07) is 4.66. The number of hydrogen-bond donors (Lipinski definition) is 3. The number of benzene rings is 1. The van der Waals surface area contributed by atoms with Gasteiger partial charge in [0.1, 0.15) is 5.82 Å². The summed E-state index contributed by atoms with van der Waals surface area (Å²) >= 11 is 0. The number of nitrogens with zero attached hydrogens (tertiary/aromatic N) is 1. The van der Waals surface area contributed by atoms with Crippen LogP contribution in [-0.2, 0) is 11.2 Å². The summed E-state index contributed by atoms with van der Waals surface area (Å²) < 4.78 is 13.5. The lowest BCUT2D eigenvalue weighted by molar-refractivity contribution is -0.131. The average molecular weight is 403 g/mol. The van der Waals surface area contributed by atoms with Crippen molar-refractivity contribution in [3.05, 3.63) is 35.8 Å². The van der Waals surface area contributed by atoms with E-state index in [1.807, 2.05) is 11.1 Å². The second-order valence-electron chi connectivity index (χ2n) is 8.17. The Kier molecular flexibility index (Phi) is 8.50. The number of aromatic amines is 1. The van der Waals surface area contributed by atoms with Gasteiger partial charge in [-0.25, -0.2) is 4.39 Å². The number of amides is 1. The van der Waals surface area contributed by atoms with Crippen LogP contribution in [0.25, 0.3) is 10.9 Å². The predicted molar refractivity (Wildman–Crippen MR) is 117 cm³/mol. The van der Waals surface area contributed by atoms with Gasteiger partial charge in [0.25, 0.3) is 0 Å². The van der Waals surface area contributed by atoms with Crippen molar-refractivity contribution in [3.8, 4) is 0 Å². The minimum atomic E-state index is -0.267. The molecule has 0 unspecified atom stereocenters. The van der Waals surface area contributed by atoms with Gasteiger partial charge in [0.05, 0.1) is 6.42 Å². The quantitative estimate of drug-likeness (QED) is 0.505. The number of H-pyrrole nitrogens is 1. The van der Waals surface area contributed by atoms with Crippen LogP contribution in [0, 0.1) is 11.7 Å². The first-order valence-corrected chi connectivity index (χ1v) is 11.1. The summed E-state index contributed by atoms with van der Waals surface area (Å²) in [7, 11) is 0. The maximum Gasteiger partial charge on any atom is 0.227 e. The Hall–Kier alpha value is -1.92. The highest BCUT2D eigenvalue weighted by Gasteiger charge is 2.23. The molecule has 0 spiro atoms. The molecule has 0 atom stereocenters. The molecule has 1 aromatic carbocycles. The molecule has 2 heterocycles. The number of unbranched alkanes of at least 4 members (excludes halogenated alkanes) is 1. The van der Waals surface area contributed by atoms with Gasteiger partial charge in [0.15, 0.2) is 0 Å². The van der Waals surface area contributed by atoms with Gasteiger partial charge in [-0.3, -0.25) is 4.79 Å². The van der Waals surface area contributed by atoms with Gasteiger partial charge >= 0.3 is 0 Å². The smallest absolute Gasteiger partial charge is 0.227 e. The van der Waals surface area contributed by atoms with Gasteiger partial charge in [-0.05, 0) is 88.0 Å². The Morgan fingerprint density at radius 2 is 1.93 bits per heavy atom. The third kappa shape index (κ3) is 6.54. The van der Waals surface area contributed by atoms with Crippen molar-refractivity contribution in [1.82, 2.24) is 20.5 Å². The fraction of sp³-hybridized carbons (Fsp3) is 0.609. The standard InChI is InChI=1S/C23H35FN4O/c1-2-9-25-10-3-4-11-26-16-18-7-12-28(13-8-18)23(29)14-19-17-27-22-6-5-20(24)15-21(19)22/h5-6,15,17-18,25-27H,2-4,7-14,16H2,1H3. The first-order chi connectivity index (χ1) is 14.2. The van der Waals surface area contributed by atoms with Crippen molar-refractivity contribution in [2.75, 3.05) is 39.3 Å². The van der Waals surface area contributed by atoms with Crippen LogP contribution in [0.2, 0.25) is 0 Å². The molecule has 1 aliphatic rings. The number of carbonyl (C=O) groups is 1. The summed E-state index contributed by atoms with van der Waals surface area (Å²) in [6.45, 7) is 8.18. The van der Waals surface area contributed by atoms with E-state index in [9.17, 15) is 9.18 Å². The van der Waals surface area contributed by atoms with Crippen LogP contribution in [0.4, 0.5) is 4.39 Å². The first-order valence-electron chi connectivity index (χ1n) is 11.1. The number of piperidine rings is 1. The van der Waals surface area contributed by atoms with E-state index < -0.39 is 0 Å². The molecule has 6 heteroatoms. The molecular weight excluding hydrogens is 367 g/mol. The summed E-state index contributed by atoms with van der Waals surface area (Å²) in [5, 5.41) is 7.82. The van der Waals surface area contributed by atoms with Crippen LogP contribution in [0.5, 0.6) is 0 Å². The van der Waals surface area contributed by atoms with Crippen LogP contribution in [0.3, 0.4) is 0 Å². The molecular formula is C23H35FN4O. The monoisotopic (exact) mass is 402 g/mol. The number of aromatic nitrogens is 1. The zero-order chi connectivity index (χ0) is 20.5. The largest absolute Gasteiger partial charge is 0.361 e. The molecule has 1 saturated heterocycles. The van der Waals surface area contributed by atoms with E-state index in [1.54, 1.807) is 6.07 Å². The van der Waals surface area contributed by atoms with Gasteiger partial charge in [-0.2, -0.15) is 0 Å². The van der Waals surface area contributed by atoms with Gasteiger partial charge in [0, 0.05) is 30.2 Å². The van der Waals surface area contributed by atoms with Gasteiger partial charge in [-0.1, -0.05) is 6.92 Å². The number of carbonyl (C=O) groups excluding carboxylic acids is 1. The molecule has 1 fully saturated rings. The van der Waals surface area contributed by atoms with Crippen molar-refractivity contribution in [2.45, 2.75) is 45.4 Å². The van der Waals surface area contributed by atoms with Crippen molar-refractivity contribution in [1.29, 1.82) is 0 Å². The fourth-order valence-corrected chi connectivity index (χ4v) is 4.07. The van der Waals surface area contributed by atoms with E-state index in [1.165, 1.54) is 31.4 Å². The molecule has 3 rings (SSSR count). The number of halogens is 1. The third-order valence-electron chi connectivity index (χ3n) is 5.86. The zero-order valence-corrected chi connectivity index (χ0v) is 17.6. The molecule has 5 nitrogen and oxygen atoms in total. The number of nitrogens with one attached hydrogen (secondary N) is 3. The van der Waals surface area contributed by atoms with E-state index in [2.05, 4.69) is 22.5 Å². The lowest BCUT2D eigenvalue weighted by Gasteiger charge is -2.32. The number of likely N-dealkylation sites (tertiary alicyclic amines) is 1. The van der Waals surface area contributed by atoms with Crippen LogP contribution >= 0.6 is 0 Å². The Balaban J connectivity index is 1.34. The Morgan fingerprint density at radius 1 is 1.17 bits per heavy atom. The van der Waals surface area contributed by atoms with E-state index in [0.29, 0.717) is 12.3 Å². The van der Waals surface area contributed by atoms with Crippen molar-refractivity contribution < 1.29 is 9.18 Å². The van der Waals surface area contributed by atoms with Crippen LogP contribution in [0.1, 0.15) is 44.6 Å². The maximum atomic E-state index is 13.5. The van der Waals surface area contributed by atoms with Crippen LogP contribution in [-0.4, -0.2) is 55.1 Å². The molecule has 0 saturated carbocycles. The Labute approximate surface area is 173 Å². The molecule has 29 heavy (non-hydrogen) atoms. The van der Waals surface area contributed by atoms with Crippen LogP contribution in [0.15, 0.2) is 24.4 Å². The molecule has 0 bridgehead atoms. The summed E-state index contributed by atoms with van der Waals surface area (Å²) in [6.07, 6.45) is 7.89. The van der Waals surface area contributed by atoms with Gasteiger partial charge in [0.2, 0.25) is 5.91 Å². The van der Waals surface area contributed by atoms with E-state index >= 15 is 0 Å². The van der Waals surface area contributed by atoms with Crippen molar-refractivity contribution in [3.63, 3.8) is 0 Å². The van der Waals surface area contributed by atoms with Crippen molar-refractivity contribution >= 4 is 16.8 Å². The lowest BCUT2D eigenvalue weighted by atomic mass is 9.96. The molecule has 2 aromatic rings. The second-order valence-corrected chi connectivity index (χ2v) is 8.17. The lowest BCUT2D eigenvalue weighted by Crippen LogP contribution is -2.41. The highest BCUT2D eigenvalue weighted by Crippen LogP contribution is 2.22. The maximum absolute atomic E-state index is 13.5. The zero-order valence-electron chi connectivity index (χ0n) is 17.6. The number of hydrogen-bond acceptors (Lipinski definition) is 3. The molecule has 0 aliphatic carbocycles. The predicted octanol–water partition coefficient (Wildman–Crippen LogP) is 3.46. The fourth-order valence-electron chi connectivity index (χ4n) is 4.07. The molecule has 1 aliphatic heterocycles. The summed E-state index contributed by atoms with van der Waals surface area (Å²) in [5.74, 6) is 0.525. The topological polar surface area (TPSA) is 60.2 Å². The minimum Gasteiger partial charge on any atom is -0.361 e. The first kappa shape index (κ1) is 21.8. The number of rotatable bonds is 11. The highest BCUT2D eigenvalue weighted by atomic mass is 19.1. The summed E-state index contributed by atoms with van der Waals surface area (Å²) in [5.41, 5.74) is 1.75. The normalized spacial score (nSPS) is 15.3. The molecule has 160 valence electrons. The van der Waals surface area contributed by atoms with Crippen LogP contribution < -0.4 is 10.6 Å². The second kappa shape index (κ2) is 11.3. The van der Waals surface area contributed by atoms with E-state index in [0.717, 1.165) is 68.6 Å². The Bertz CT molecular complexity index is 767. The van der Waals surface area contributed by atoms with E-state index in [4.69, 9.17) is 0 Å². The highest BCUT2D eigenvalue weighted by molar-refractivity contribution is 5.89. The Morgan fingerprint density at radius 3 is 2.69 bits per heavy atom. The minimum absolute atomic E-state index is 0.140. The summed E-state index contributed by atoms with van der Waals surface area (Å²) in [4.78, 5) is 17.8. The molecule has 0 radical (unpaired) electrons.